The van der Waals surface area contributed by atoms with Gasteiger partial charge in [-0.1, -0.05) is 295 Å². The van der Waals surface area contributed by atoms with Gasteiger partial charge in [-0.05, 0) is 205 Å². The first-order valence-corrected chi connectivity index (χ1v) is 36.2. The van der Waals surface area contributed by atoms with Gasteiger partial charge in [-0.3, -0.25) is 0 Å². The highest BCUT2D eigenvalue weighted by atomic mass is 16.3. The van der Waals surface area contributed by atoms with Crippen molar-refractivity contribution in [3.05, 3.63) is 362 Å². The number of hydrogen-bond acceptors (Lipinski definition) is 4. The van der Waals surface area contributed by atoms with Gasteiger partial charge in [0, 0.05) is 55.1 Å². The number of para-hydroxylation sites is 2. The molecule has 0 spiro atoms. The molecule has 0 aliphatic heterocycles. The van der Waals surface area contributed by atoms with E-state index < -0.39 is 10.8 Å². The standard InChI is InChI=1S/C100H68N2O2/c1-99(2)85-59-87(101(69-49-41-65(42-50-69)77-35-17-25-61-21-5-9-29-73(61)77)70-51-43-66(44-52-70)78-36-18-26-62-22-6-10-30-74(62)78)97-93(81-33-13-15-39-89(81)103-97)91(85)83-57-58-84-92-86(100(3,4)96(84)95(83)99)60-88(98-94(92)82-34-14-16-40-90(82)104-98)102(71-53-45-67(46-54-71)79-37-19-27-63-23-7-11-31-75(63)79)72-55-47-68(48-56-72)80-38-20-28-64-24-8-12-32-76(64)80/h5-60H,1-4H3. The van der Waals surface area contributed by atoms with Gasteiger partial charge in [-0.25, -0.2) is 0 Å². The second kappa shape index (κ2) is 22.7. The van der Waals surface area contributed by atoms with Crippen LogP contribution in [0, 0.1) is 0 Å². The normalized spacial score (nSPS) is 13.3. The van der Waals surface area contributed by atoms with Crippen LogP contribution in [0.25, 0.3) is 154 Å². The van der Waals surface area contributed by atoms with Crippen molar-refractivity contribution in [1.82, 2.24) is 0 Å². The number of benzene rings is 17. The van der Waals surface area contributed by atoms with E-state index in [4.69, 9.17) is 8.83 Å². The summed E-state index contributed by atoms with van der Waals surface area (Å²) in [5, 5.41) is 14.2. The van der Waals surface area contributed by atoms with Gasteiger partial charge in [0.1, 0.15) is 11.2 Å². The molecule has 0 saturated carbocycles. The van der Waals surface area contributed by atoms with E-state index in [1.54, 1.807) is 0 Å². The lowest BCUT2D eigenvalue weighted by molar-refractivity contribution is 0.601. The molecule has 2 heterocycles. The van der Waals surface area contributed by atoms with Crippen LogP contribution in [-0.4, -0.2) is 0 Å². The Labute approximate surface area is 603 Å². The minimum absolute atomic E-state index is 0.511. The number of furan rings is 2. The van der Waals surface area contributed by atoms with E-state index in [1.807, 2.05) is 0 Å². The lowest BCUT2D eigenvalue weighted by Gasteiger charge is -2.32. The van der Waals surface area contributed by atoms with Crippen molar-refractivity contribution in [2.75, 3.05) is 9.80 Å². The van der Waals surface area contributed by atoms with Crippen LogP contribution < -0.4 is 9.80 Å². The Balaban J connectivity index is 0.757. The molecule has 17 aromatic carbocycles. The first kappa shape index (κ1) is 59.8. The molecule has 2 aliphatic carbocycles. The van der Waals surface area contributed by atoms with Gasteiger partial charge in [0.05, 0.1) is 11.4 Å². The predicted molar refractivity (Wildman–Crippen MR) is 437 cm³/mol. The summed E-state index contributed by atoms with van der Waals surface area (Å²) in [5.74, 6) is 0. The minimum atomic E-state index is -0.511. The van der Waals surface area contributed by atoms with Crippen molar-refractivity contribution in [2.45, 2.75) is 38.5 Å². The average Bonchev–Trinajstić information content (AvgIpc) is 1.50. The molecule has 0 unspecified atom stereocenters. The topological polar surface area (TPSA) is 32.8 Å². The van der Waals surface area contributed by atoms with Crippen molar-refractivity contribution in [2.24, 2.45) is 0 Å². The van der Waals surface area contributed by atoms with Crippen molar-refractivity contribution in [1.29, 1.82) is 0 Å². The molecule has 19 aromatic rings. The van der Waals surface area contributed by atoms with Gasteiger partial charge < -0.3 is 18.6 Å². The molecule has 2 aliphatic rings. The summed E-state index contributed by atoms with van der Waals surface area (Å²) in [5.41, 5.74) is 28.1. The Bertz CT molecular complexity index is 6090. The smallest absolute Gasteiger partial charge is 0.160 e. The van der Waals surface area contributed by atoms with Gasteiger partial charge in [-0.15, -0.1) is 0 Å². The van der Waals surface area contributed by atoms with Crippen molar-refractivity contribution < 1.29 is 8.83 Å². The van der Waals surface area contributed by atoms with E-state index in [2.05, 4.69) is 377 Å². The maximum atomic E-state index is 7.41. The van der Waals surface area contributed by atoms with Gasteiger partial charge in [-0.2, -0.15) is 0 Å². The Kier molecular flexibility index (Phi) is 13.1. The molecule has 490 valence electrons. The number of fused-ring (bicyclic) bond motifs is 19. The van der Waals surface area contributed by atoms with Crippen LogP contribution in [0.4, 0.5) is 34.1 Å². The summed E-state index contributed by atoms with van der Waals surface area (Å²) in [7, 11) is 0. The van der Waals surface area contributed by atoms with Crippen LogP contribution >= 0.6 is 0 Å². The molecule has 4 heteroatoms. The molecule has 0 atom stereocenters. The molecule has 0 N–H and O–H groups in total. The second-order valence-electron chi connectivity index (χ2n) is 29.4. The second-order valence-corrected chi connectivity index (χ2v) is 29.4. The monoisotopic (exact) mass is 1330 g/mol. The molecule has 0 bridgehead atoms. The molecule has 4 nitrogen and oxygen atoms in total. The van der Waals surface area contributed by atoms with E-state index in [1.165, 1.54) is 110 Å². The van der Waals surface area contributed by atoms with E-state index in [0.717, 1.165) is 100 Å². The van der Waals surface area contributed by atoms with Crippen molar-refractivity contribution >= 4 is 121 Å². The Morgan fingerprint density at radius 1 is 0.240 bits per heavy atom. The lowest BCUT2D eigenvalue weighted by Crippen LogP contribution is -2.24. The van der Waals surface area contributed by atoms with Crippen LogP contribution in [0.15, 0.2) is 349 Å². The third-order valence-corrected chi connectivity index (χ3v) is 23.0. The number of anilines is 6. The summed E-state index contributed by atoms with van der Waals surface area (Å²) < 4.78 is 14.8. The highest BCUT2D eigenvalue weighted by molar-refractivity contribution is 6.22. The summed E-state index contributed by atoms with van der Waals surface area (Å²) in [6, 6.07) is 125. The summed E-state index contributed by atoms with van der Waals surface area (Å²) in [4.78, 5) is 4.88. The third kappa shape index (κ3) is 8.91. The van der Waals surface area contributed by atoms with Crippen LogP contribution in [-0.2, 0) is 10.8 Å². The number of hydrogen-bond donors (Lipinski definition) is 0. The molecule has 0 fully saturated rings. The van der Waals surface area contributed by atoms with Crippen LogP contribution in [0.5, 0.6) is 0 Å². The first-order chi connectivity index (χ1) is 51.1. The Hall–Kier alpha value is -13.0. The van der Waals surface area contributed by atoms with E-state index in [-0.39, 0.29) is 0 Å². The Morgan fingerprint density at radius 3 is 0.798 bits per heavy atom. The maximum Gasteiger partial charge on any atom is 0.160 e. The highest BCUT2D eigenvalue weighted by Gasteiger charge is 2.49. The van der Waals surface area contributed by atoms with Gasteiger partial charge in [0.15, 0.2) is 11.2 Å². The first-order valence-electron chi connectivity index (χ1n) is 36.2. The van der Waals surface area contributed by atoms with E-state index >= 15 is 0 Å². The molecule has 104 heavy (non-hydrogen) atoms. The SMILES string of the molecule is CC1(C)c2cc(N(c3ccc(-c4cccc5ccccc45)cc3)c3ccc(-c4cccc5ccccc45)cc3)c3oc4ccccc4c3c2-c2ccc3c(c21)C(C)(C)c1cc(N(c2ccc(-c4cccc5ccccc45)cc2)c2ccc(-c4cccc5ccccc45)cc2)c2oc4ccccc4c2c1-3. The zero-order valence-electron chi connectivity index (χ0n) is 58.0. The van der Waals surface area contributed by atoms with Crippen LogP contribution in [0.1, 0.15) is 49.9 Å². The minimum Gasteiger partial charge on any atom is -0.454 e. The van der Waals surface area contributed by atoms with E-state index in [9.17, 15) is 0 Å². The largest absolute Gasteiger partial charge is 0.454 e. The summed E-state index contributed by atoms with van der Waals surface area (Å²) in [6.07, 6.45) is 0. The van der Waals surface area contributed by atoms with Crippen LogP contribution in [0.3, 0.4) is 0 Å². The van der Waals surface area contributed by atoms with Gasteiger partial charge >= 0.3 is 0 Å². The lowest BCUT2D eigenvalue weighted by atomic mass is 9.72. The molecule has 0 radical (unpaired) electrons. The fraction of sp³-hybridized carbons (Fsp3) is 0.0600. The quantitative estimate of drug-likeness (QED) is 0.137. The van der Waals surface area contributed by atoms with Crippen molar-refractivity contribution in [3.63, 3.8) is 0 Å². The highest BCUT2D eigenvalue weighted by Crippen LogP contribution is 2.65. The molecule has 0 amide bonds. The fourth-order valence-electron chi connectivity index (χ4n) is 18.2. The molecule has 2 aromatic heterocycles. The van der Waals surface area contributed by atoms with Gasteiger partial charge in [0.25, 0.3) is 0 Å². The zero-order valence-corrected chi connectivity index (χ0v) is 58.0. The predicted octanol–water partition coefficient (Wildman–Crippen LogP) is 28.3. The Morgan fingerprint density at radius 2 is 0.500 bits per heavy atom. The molecular weight excluding hydrogens is 1260 g/mol. The fourth-order valence-corrected chi connectivity index (χ4v) is 18.2. The van der Waals surface area contributed by atoms with E-state index in [0.29, 0.717) is 0 Å². The third-order valence-electron chi connectivity index (χ3n) is 23.0. The van der Waals surface area contributed by atoms with Crippen LogP contribution in [0.2, 0.25) is 0 Å². The zero-order chi connectivity index (χ0) is 69.1. The maximum absolute atomic E-state index is 7.41. The van der Waals surface area contributed by atoms with Gasteiger partial charge in [0.2, 0.25) is 0 Å². The molecule has 0 saturated heterocycles. The average molecular weight is 1330 g/mol. The molecule has 21 rings (SSSR count). The number of nitrogens with zero attached hydrogens (tertiary/aromatic N) is 2. The molecular formula is C100H68N2O2. The van der Waals surface area contributed by atoms with Crippen molar-refractivity contribution in [3.8, 4) is 66.8 Å². The number of rotatable bonds is 10. The summed E-state index contributed by atoms with van der Waals surface area (Å²) in [6.45, 7) is 9.88. The summed E-state index contributed by atoms with van der Waals surface area (Å²) >= 11 is 0.